The first-order valence-corrected chi connectivity index (χ1v) is 3.91. The highest BCUT2D eigenvalue weighted by Crippen LogP contribution is 2.24. The molecule has 0 saturated heterocycles. The fraction of sp³-hybridized carbons (Fsp3) is 0.100. The third-order valence-electron chi connectivity index (χ3n) is 1.64. The second-order valence-corrected chi connectivity index (χ2v) is 2.60. The number of aliphatic carboxylic acids is 1. The zero-order valence-corrected chi connectivity index (χ0v) is 7.60. The van der Waals surface area contributed by atoms with Gasteiger partial charge in [0.2, 0.25) is 0 Å². The second-order valence-electron chi connectivity index (χ2n) is 2.60. The van der Waals surface area contributed by atoms with Crippen molar-refractivity contribution in [3.8, 4) is 11.5 Å². The van der Waals surface area contributed by atoms with Crippen LogP contribution in [-0.2, 0) is 4.79 Å². The summed E-state index contributed by atoms with van der Waals surface area (Å²) in [6, 6.07) is 4.64. The molecule has 0 unspecified atom stereocenters. The lowest BCUT2D eigenvalue weighted by atomic mass is 10.2. The Morgan fingerprint density at radius 2 is 2.21 bits per heavy atom. The van der Waals surface area contributed by atoms with Crippen LogP contribution in [0.3, 0.4) is 0 Å². The van der Waals surface area contributed by atoms with E-state index in [1.165, 1.54) is 19.3 Å². The average Bonchev–Trinajstić information content (AvgIpc) is 2.15. The molecule has 0 aromatic heterocycles. The summed E-state index contributed by atoms with van der Waals surface area (Å²) in [5.41, 5.74) is 0.438. The Kier molecular flexibility index (Phi) is 3.12. The van der Waals surface area contributed by atoms with Crippen LogP contribution in [0.2, 0.25) is 0 Å². The van der Waals surface area contributed by atoms with E-state index in [2.05, 4.69) is 0 Å². The van der Waals surface area contributed by atoms with Crippen LogP contribution in [0.5, 0.6) is 11.5 Å². The Hall–Kier alpha value is -1.97. The second kappa shape index (κ2) is 4.32. The number of rotatable bonds is 3. The van der Waals surface area contributed by atoms with Crippen LogP contribution in [0.4, 0.5) is 0 Å². The minimum absolute atomic E-state index is 0.0122. The minimum atomic E-state index is -1.06. The van der Waals surface area contributed by atoms with Gasteiger partial charge in [0.1, 0.15) is 11.5 Å². The van der Waals surface area contributed by atoms with E-state index < -0.39 is 5.97 Å². The van der Waals surface area contributed by atoms with Crippen molar-refractivity contribution >= 4 is 12.0 Å². The van der Waals surface area contributed by atoms with Crippen LogP contribution in [0.25, 0.3) is 6.08 Å². The van der Waals surface area contributed by atoms with Crippen molar-refractivity contribution in [2.75, 3.05) is 7.11 Å². The molecular formula is C10H10O4. The first-order valence-electron chi connectivity index (χ1n) is 3.91. The molecule has 0 aliphatic carbocycles. The fourth-order valence-corrected chi connectivity index (χ4v) is 0.952. The number of benzene rings is 1. The molecule has 0 fully saturated rings. The molecule has 0 saturated carbocycles. The van der Waals surface area contributed by atoms with Gasteiger partial charge in [-0.3, -0.25) is 0 Å². The predicted molar refractivity (Wildman–Crippen MR) is 51.3 cm³/mol. The number of hydrogen-bond donors (Lipinski definition) is 2. The van der Waals surface area contributed by atoms with Gasteiger partial charge in [0.25, 0.3) is 0 Å². The Morgan fingerprint density at radius 1 is 1.50 bits per heavy atom. The Bertz CT molecular complexity index is 368. The van der Waals surface area contributed by atoms with Gasteiger partial charge in [-0.05, 0) is 18.2 Å². The summed E-state index contributed by atoms with van der Waals surface area (Å²) in [5, 5.41) is 17.8. The van der Waals surface area contributed by atoms with Crippen molar-refractivity contribution in [2.45, 2.75) is 0 Å². The number of carboxylic acids is 1. The molecule has 0 bridgehead atoms. The van der Waals surface area contributed by atoms with E-state index in [-0.39, 0.29) is 5.75 Å². The van der Waals surface area contributed by atoms with Crippen LogP contribution >= 0.6 is 0 Å². The zero-order valence-electron chi connectivity index (χ0n) is 7.60. The lowest BCUT2D eigenvalue weighted by molar-refractivity contribution is -0.131. The van der Waals surface area contributed by atoms with Gasteiger partial charge in [-0.25, -0.2) is 4.79 Å². The summed E-state index contributed by atoms with van der Waals surface area (Å²) in [6.45, 7) is 0. The molecule has 0 aliphatic heterocycles. The van der Waals surface area contributed by atoms with Crippen LogP contribution in [-0.4, -0.2) is 23.3 Å². The number of carboxylic acid groups (broad SMARTS) is 1. The maximum atomic E-state index is 10.2. The molecule has 2 N–H and O–H groups in total. The van der Waals surface area contributed by atoms with Crippen molar-refractivity contribution in [1.29, 1.82) is 0 Å². The van der Waals surface area contributed by atoms with Gasteiger partial charge in [-0.2, -0.15) is 0 Å². The van der Waals surface area contributed by atoms with Gasteiger partial charge in [-0.15, -0.1) is 0 Å². The van der Waals surface area contributed by atoms with Gasteiger partial charge in [0.05, 0.1) is 7.11 Å². The summed E-state index contributed by atoms with van der Waals surface area (Å²) in [7, 11) is 1.49. The van der Waals surface area contributed by atoms with E-state index in [0.29, 0.717) is 11.3 Å². The highest BCUT2D eigenvalue weighted by atomic mass is 16.5. The lowest BCUT2D eigenvalue weighted by Crippen LogP contribution is -1.86. The van der Waals surface area contributed by atoms with E-state index in [1.807, 2.05) is 0 Å². The fourth-order valence-electron chi connectivity index (χ4n) is 0.952. The number of phenols is 1. The molecule has 4 heteroatoms. The van der Waals surface area contributed by atoms with E-state index in [1.54, 1.807) is 12.1 Å². The van der Waals surface area contributed by atoms with E-state index in [4.69, 9.17) is 9.84 Å². The first kappa shape index (κ1) is 10.1. The monoisotopic (exact) mass is 194 g/mol. The lowest BCUT2D eigenvalue weighted by Gasteiger charge is -2.02. The van der Waals surface area contributed by atoms with E-state index in [9.17, 15) is 9.90 Å². The van der Waals surface area contributed by atoms with Gasteiger partial charge in [0.15, 0.2) is 0 Å². The van der Waals surface area contributed by atoms with Crippen molar-refractivity contribution in [2.24, 2.45) is 0 Å². The molecule has 0 radical (unpaired) electrons. The third kappa shape index (κ3) is 2.52. The van der Waals surface area contributed by atoms with Gasteiger partial charge >= 0.3 is 5.97 Å². The Balaban J connectivity index is 2.94. The number of methoxy groups -OCH3 is 1. The zero-order chi connectivity index (χ0) is 10.6. The molecule has 0 heterocycles. The maximum absolute atomic E-state index is 10.2. The molecule has 0 atom stereocenters. The standard InChI is InChI=1S/C10H10O4/c1-14-8-4-2-7(9(11)6-8)3-5-10(12)13/h2-6,11H,1H3,(H,12,13). The maximum Gasteiger partial charge on any atom is 0.328 e. The molecule has 0 amide bonds. The van der Waals surface area contributed by atoms with Crippen LogP contribution in [0.15, 0.2) is 24.3 Å². The van der Waals surface area contributed by atoms with Crippen LogP contribution in [0, 0.1) is 0 Å². The summed E-state index contributed by atoms with van der Waals surface area (Å²) in [6.07, 6.45) is 2.28. The van der Waals surface area contributed by atoms with Crippen LogP contribution in [0.1, 0.15) is 5.56 Å². The summed E-state index contributed by atoms with van der Waals surface area (Å²) < 4.78 is 4.88. The first-order chi connectivity index (χ1) is 6.63. The number of ether oxygens (including phenoxy) is 1. The molecule has 1 aromatic rings. The van der Waals surface area contributed by atoms with E-state index in [0.717, 1.165) is 6.08 Å². The number of aromatic hydroxyl groups is 1. The number of hydrogen-bond acceptors (Lipinski definition) is 3. The van der Waals surface area contributed by atoms with Crippen molar-refractivity contribution in [1.82, 2.24) is 0 Å². The summed E-state index contributed by atoms with van der Waals surface area (Å²) in [5.74, 6) is -0.544. The SMILES string of the molecule is COc1ccc(C=CC(=O)O)c(O)c1. The normalized spacial score (nSPS) is 10.4. The Labute approximate surface area is 81.1 Å². The molecule has 1 rings (SSSR count). The molecular weight excluding hydrogens is 184 g/mol. The number of phenolic OH excluding ortho intramolecular Hbond substituents is 1. The number of carbonyl (C=O) groups is 1. The summed E-state index contributed by atoms with van der Waals surface area (Å²) in [4.78, 5) is 10.2. The highest BCUT2D eigenvalue weighted by Gasteiger charge is 1.99. The van der Waals surface area contributed by atoms with Crippen molar-refractivity contribution in [3.05, 3.63) is 29.8 Å². The van der Waals surface area contributed by atoms with Gasteiger partial charge in [-0.1, -0.05) is 0 Å². The molecule has 14 heavy (non-hydrogen) atoms. The molecule has 74 valence electrons. The van der Waals surface area contributed by atoms with Crippen molar-refractivity contribution < 1.29 is 19.7 Å². The topological polar surface area (TPSA) is 66.8 Å². The summed E-state index contributed by atoms with van der Waals surface area (Å²) >= 11 is 0. The molecule has 0 spiro atoms. The molecule has 0 aliphatic rings. The molecule has 1 aromatic carbocycles. The Morgan fingerprint density at radius 3 is 2.71 bits per heavy atom. The highest BCUT2D eigenvalue weighted by molar-refractivity contribution is 5.85. The van der Waals surface area contributed by atoms with Gasteiger partial charge in [0, 0.05) is 17.7 Å². The van der Waals surface area contributed by atoms with Gasteiger partial charge < -0.3 is 14.9 Å². The largest absolute Gasteiger partial charge is 0.507 e. The smallest absolute Gasteiger partial charge is 0.328 e. The van der Waals surface area contributed by atoms with Crippen molar-refractivity contribution in [3.63, 3.8) is 0 Å². The quantitative estimate of drug-likeness (QED) is 0.715. The predicted octanol–water partition coefficient (Wildman–Crippen LogP) is 1.50. The van der Waals surface area contributed by atoms with Crippen LogP contribution < -0.4 is 4.74 Å². The minimum Gasteiger partial charge on any atom is -0.507 e. The third-order valence-corrected chi connectivity index (χ3v) is 1.64. The molecule has 4 nitrogen and oxygen atoms in total. The van der Waals surface area contributed by atoms with E-state index >= 15 is 0 Å². The average molecular weight is 194 g/mol.